The van der Waals surface area contributed by atoms with Gasteiger partial charge >= 0.3 is 65.5 Å². The Morgan fingerprint density at radius 1 is 0.550 bits per heavy atom. The van der Waals surface area contributed by atoms with Crippen molar-refractivity contribution in [3.05, 3.63) is 60.7 Å². The minimum Gasteiger partial charge on any atom is -0.748 e. The summed E-state index contributed by atoms with van der Waals surface area (Å²) < 4.78 is 389. The third-order valence-corrected chi connectivity index (χ3v) is 25.4. The highest BCUT2D eigenvalue weighted by atomic mass is 32.2. The molecule has 0 aromatic heterocycles. The first-order valence-corrected chi connectivity index (χ1v) is 40.7. The number of esters is 2. The number of morpholine rings is 1. The lowest BCUT2D eigenvalue weighted by molar-refractivity contribution is -0.487. The van der Waals surface area contributed by atoms with Crippen LogP contribution >= 0.6 is 0 Å². The molecule has 7 saturated carbocycles. The van der Waals surface area contributed by atoms with Crippen LogP contribution in [0.5, 0.6) is 11.5 Å². The van der Waals surface area contributed by atoms with Crippen LogP contribution in [0.2, 0.25) is 0 Å². The maximum Gasteiger partial charge on any atom is 0.460 e. The highest BCUT2D eigenvalue weighted by Gasteiger charge is 3.01. The molecule has 0 radical (unpaired) electrons. The van der Waals surface area contributed by atoms with E-state index in [4.69, 9.17) is 14.2 Å². The summed E-state index contributed by atoms with van der Waals surface area (Å²) in [7, 11) is -17.1. The fourth-order valence-electron chi connectivity index (χ4n) is 15.6. The SMILES string of the molecule is C.C.C.C.C.C.C.CCC12CCC(CC1=O)C2(C)C.CCCCCCCCS(=O)(=O)[O-].O=C(CC(C(=O)Oc1ccccc1)S(=O)(=O)[O-])Oc1ccccc1.O=C([O-])C(F)(F)C(F)(F)C(F)(F)C(F)(F)F.O=C([O-])C1(F)C(F)(F)C(F)(F)C(F)(F)C(F)(F)C1(F)F.O=S(=O)([O-])C1CC2CC1C1C3CCC(C3)C21.O=S(=O)([O-])CCCN1CCOCC1. The van der Waals surface area contributed by atoms with Crippen molar-refractivity contribution in [1.29, 1.82) is 0 Å². The number of hydrogen-bond donors (Lipinski definition) is 0. The number of ketones is 1. The van der Waals surface area contributed by atoms with Crippen LogP contribution in [0.3, 0.4) is 0 Å². The number of fused-ring (bicyclic) bond motifs is 11. The average molecular weight is 1860 g/mol. The van der Waals surface area contributed by atoms with Gasteiger partial charge in [0.05, 0.1) is 61.2 Å². The van der Waals surface area contributed by atoms with E-state index in [1.165, 1.54) is 62.8 Å². The number of para-hydroxylation sites is 2. The Balaban J connectivity index is -0.000000656. The Bertz CT molecular complexity index is 4030. The second kappa shape index (κ2) is 44.8. The first kappa shape index (κ1) is 120. The number of aliphatic carboxylic acids is 2. The first-order valence-electron chi connectivity index (χ1n) is 34.6. The number of benzene rings is 2. The van der Waals surface area contributed by atoms with Gasteiger partial charge in [-0.3, -0.25) is 19.3 Å². The molecule has 1 aliphatic heterocycles. The van der Waals surface area contributed by atoms with E-state index in [-0.39, 0.29) is 86.3 Å². The van der Waals surface area contributed by atoms with E-state index < -0.39 is 140 Å². The molecule has 0 spiro atoms. The van der Waals surface area contributed by atoms with E-state index in [1.807, 2.05) is 0 Å². The van der Waals surface area contributed by atoms with Gasteiger partial charge in [0.1, 0.15) is 33.4 Å². The van der Waals surface area contributed by atoms with Crippen LogP contribution in [0, 0.1) is 52.3 Å². The summed E-state index contributed by atoms with van der Waals surface area (Å²) in [4.78, 5) is 57.0. The van der Waals surface area contributed by atoms with Crippen molar-refractivity contribution in [2.45, 2.75) is 259 Å². The Kier molecular flexibility index (Phi) is 45.0. The third-order valence-electron chi connectivity index (χ3n) is 21.5. The summed E-state index contributed by atoms with van der Waals surface area (Å²) in [6.07, 6.45) is 8.46. The number of nitrogens with zero attached hydrogens (tertiary/aromatic N) is 1. The Hall–Kier alpha value is -5.85. The zero-order valence-electron chi connectivity index (χ0n) is 60.1. The second-order valence-corrected chi connectivity index (χ2v) is 34.8. The van der Waals surface area contributed by atoms with E-state index in [1.54, 1.807) is 36.4 Å². The highest BCUT2D eigenvalue weighted by Crippen LogP contribution is 2.71. The normalized spacial score (nSPS) is 25.2. The molecule has 1 saturated heterocycles. The van der Waals surface area contributed by atoms with Crippen molar-refractivity contribution in [1.82, 2.24) is 4.90 Å². The van der Waals surface area contributed by atoms with Gasteiger partial charge in [0.2, 0.25) is 0 Å². The van der Waals surface area contributed by atoms with Crippen molar-refractivity contribution in [2.75, 3.05) is 44.4 Å². The van der Waals surface area contributed by atoms with E-state index in [9.17, 15) is 174 Å². The number of unbranched alkanes of at least 4 members (excludes halogenated alkanes) is 5. The molecule has 47 heteroatoms. The molecule has 0 N–H and O–H groups in total. The van der Waals surface area contributed by atoms with E-state index in [0.29, 0.717) is 68.0 Å². The number of hydrogen-bond acceptors (Lipinski definition) is 23. The number of carboxylic acid groups (broad SMARTS) is 2. The van der Waals surface area contributed by atoms with Gasteiger partial charge in [0, 0.05) is 36.4 Å². The number of carboxylic acids is 2. The highest BCUT2D eigenvalue weighted by molar-refractivity contribution is 7.87. The summed E-state index contributed by atoms with van der Waals surface area (Å²) in [6, 6.07) is 15.5. The third kappa shape index (κ3) is 26.2. The Labute approximate surface area is 687 Å². The maximum atomic E-state index is 13.1. The molecule has 10 unspecified atom stereocenters. The topological polar surface area (TPSA) is 391 Å². The van der Waals surface area contributed by atoms with E-state index in [0.717, 1.165) is 75.8 Å². The van der Waals surface area contributed by atoms with E-state index >= 15 is 0 Å². The molecule has 120 heavy (non-hydrogen) atoms. The van der Waals surface area contributed by atoms with Crippen molar-refractivity contribution in [3.8, 4) is 11.5 Å². The molecule has 2 aromatic carbocycles. The van der Waals surface area contributed by atoms with Gasteiger partial charge in [0.25, 0.3) is 5.67 Å². The smallest absolute Gasteiger partial charge is 0.460 e. The van der Waals surface area contributed by atoms with Gasteiger partial charge in [0.15, 0.2) is 5.25 Å². The molecule has 7 aliphatic carbocycles. The monoisotopic (exact) mass is 1860 g/mol. The molecule has 10 rings (SSSR count). The van der Waals surface area contributed by atoms with Crippen molar-refractivity contribution >= 4 is 70.1 Å². The Morgan fingerprint density at radius 3 is 1.35 bits per heavy atom. The lowest BCUT2D eigenvalue weighted by atomic mass is 9.67. The quantitative estimate of drug-likeness (QED) is 0.0249. The predicted octanol–water partition coefficient (Wildman–Crippen LogP) is 14.3. The summed E-state index contributed by atoms with van der Waals surface area (Å²) in [6.45, 7) is 12.6. The van der Waals surface area contributed by atoms with Crippen molar-refractivity contribution < 1.29 is 188 Å². The number of Topliss-reactive ketones (excluding diaryl/α,β-unsaturated/α-hetero) is 1. The molecule has 6 bridgehead atoms. The summed E-state index contributed by atoms with van der Waals surface area (Å²) in [5.41, 5.74) is -6.69. The Morgan fingerprint density at radius 2 is 0.975 bits per heavy atom. The van der Waals surface area contributed by atoms with Gasteiger partial charge in [-0.2, -0.15) is 83.4 Å². The number of carbonyl (C=O) groups is 5. The number of carbonyl (C=O) groups excluding carboxylic acids is 5. The number of rotatable bonds is 23. The van der Waals surface area contributed by atoms with Gasteiger partial charge < -0.3 is 52.2 Å². The molecule has 8 fully saturated rings. The van der Waals surface area contributed by atoms with Crippen molar-refractivity contribution in [2.24, 2.45) is 52.3 Å². The first-order chi connectivity index (χ1) is 51.2. The molecule has 706 valence electrons. The molecular formula is C73H107F20NO22S4-6. The van der Waals surface area contributed by atoms with Crippen LogP contribution in [-0.4, -0.2) is 201 Å². The molecule has 0 amide bonds. The fourth-order valence-corrected chi connectivity index (χ4v) is 18.4. The average Bonchev–Trinajstić information content (AvgIpc) is 0.872. The van der Waals surface area contributed by atoms with E-state index in [2.05, 4.69) is 32.6 Å². The van der Waals surface area contributed by atoms with Crippen LogP contribution in [0.1, 0.15) is 189 Å². The molecule has 10 atom stereocenters. The number of alkyl halides is 20. The summed E-state index contributed by atoms with van der Waals surface area (Å²) >= 11 is 0. The molecular weight excluding hydrogens is 1750 g/mol. The lowest BCUT2D eigenvalue weighted by Gasteiger charge is -2.52. The zero-order chi connectivity index (χ0) is 87.0. The van der Waals surface area contributed by atoms with Crippen LogP contribution < -0.4 is 19.7 Å². The number of halogens is 20. The van der Waals surface area contributed by atoms with Gasteiger partial charge in [-0.1, -0.05) is 148 Å². The summed E-state index contributed by atoms with van der Waals surface area (Å²) in [5.74, 6) is -64.0. The maximum absolute atomic E-state index is 13.1. The molecule has 1 heterocycles. The number of ether oxygens (including phenoxy) is 3. The fraction of sp³-hybridized carbons (Fsp3) is 0.767. The standard InChI is InChI=1S/C16H14O7S.C12H18O3S.C11H18O.C8H18O3S.C7HF11O2.C7H15NO4S.C5HF9O2.7CH4/c17-15(22-12-7-3-1-4-8-12)11-14(24(19,20)21)16(18)23-13-9-5-2-6-10-13;13-16(14,15)10-5-8-4-9(10)12-7-2-1-6(3-7)11(8)12;1-4-11-6-5-8(7-9(11)12)10(11,2)3;1-2-3-4-5-6-7-8-12(9,10)11;8-2(1(19)20)3(9,10)5(13,14)7(17,18)6(15,16)4(2,11)12;9-13(10,11)7-1-2-8-3-5-12-6-4-8;6-2(7,1(15)16)3(8,9)4(10,11)5(12,13)14;;;;;;;/h1-10,14H,11H2,(H,19,20,21);6-12H,1-5H2,(H,13,14,15);8H,4-7H2,1-3H3;2-8H2,1H3,(H,9,10,11);(H,19,20);1-7H2,(H,9,10,11);(H,15,16);7*1H4/p-6. The second-order valence-electron chi connectivity index (χ2n) is 28.6. The molecule has 23 nitrogen and oxygen atoms in total. The van der Waals surface area contributed by atoms with Gasteiger partial charge in [-0.15, -0.1) is 0 Å². The molecule has 2 aromatic rings. The summed E-state index contributed by atoms with van der Waals surface area (Å²) in [5, 5.41) is 16.6. The van der Waals surface area contributed by atoms with Crippen LogP contribution in [0.4, 0.5) is 87.8 Å². The largest absolute Gasteiger partial charge is 0.748 e. The van der Waals surface area contributed by atoms with Crippen LogP contribution in [0.15, 0.2) is 60.7 Å². The van der Waals surface area contributed by atoms with Gasteiger partial charge in [-0.25, -0.2) is 38.1 Å². The van der Waals surface area contributed by atoms with Crippen LogP contribution in [0.25, 0.3) is 0 Å². The predicted molar refractivity (Wildman–Crippen MR) is 390 cm³/mol. The molecule has 8 aliphatic rings. The van der Waals surface area contributed by atoms with Crippen LogP contribution in [-0.2, 0) is 69.2 Å². The minimum absolute atomic E-state index is 0. The lowest BCUT2D eigenvalue weighted by Crippen LogP contribution is -2.86. The minimum atomic E-state index is -7.42. The zero-order valence-corrected chi connectivity index (χ0v) is 63.3. The van der Waals surface area contributed by atoms with Gasteiger partial charge in [-0.05, 0) is 142 Å². The van der Waals surface area contributed by atoms with Crippen molar-refractivity contribution in [3.63, 3.8) is 0 Å².